The second kappa shape index (κ2) is 7.02. The first-order chi connectivity index (χ1) is 15.7. The largest absolute Gasteiger partial charge is 0.458 e. The Labute approximate surface area is 195 Å². The summed E-state index contributed by atoms with van der Waals surface area (Å²) in [7, 11) is 0. The van der Waals surface area contributed by atoms with Crippen LogP contribution in [0.1, 0.15) is 59.3 Å². The quantitative estimate of drug-likeness (QED) is 0.501. The van der Waals surface area contributed by atoms with Crippen molar-refractivity contribution in [2.75, 3.05) is 6.61 Å². The van der Waals surface area contributed by atoms with Crippen LogP contribution >= 0.6 is 0 Å². The molecule has 0 aromatic rings. The number of carbonyl (C=O) groups excluding carboxylic acids is 2. The molecule has 6 rings (SSSR count). The van der Waals surface area contributed by atoms with E-state index >= 15 is 0 Å². The van der Waals surface area contributed by atoms with Gasteiger partial charge >= 0.3 is 5.97 Å². The third-order valence-corrected chi connectivity index (χ3v) is 11.1. The van der Waals surface area contributed by atoms with Gasteiger partial charge in [0.05, 0.1) is 23.7 Å². The minimum absolute atomic E-state index is 0.0496. The lowest BCUT2D eigenvalue weighted by Gasteiger charge is -2.60. The highest BCUT2D eigenvalue weighted by atomic mass is 16.6. The lowest BCUT2D eigenvalue weighted by Crippen LogP contribution is -2.67. The van der Waals surface area contributed by atoms with Crippen LogP contribution in [0.5, 0.6) is 0 Å². The number of aliphatic hydroxyl groups excluding tert-OH is 1. The maximum atomic E-state index is 13.2. The molecule has 6 heteroatoms. The first-order valence-electron chi connectivity index (χ1n) is 12.8. The van der Waals surface area contributed by atoms with Crippen molar-refractivity contribution in [3.63, 3.8) is 0 Å². The highest BCUT2D eigenvalue weighted by molar-refractivity contribution is 5.97. The van der Waals surface area contributed by atoms with E-state index in [9.17, 15) is 19.8 Å². The number of allylic oxidation sites excluding steroid dienone is 1. The van der Waals surface area contributed by atoms with Crippen LogP contribution in [0, 0.1) is 40.4 Å². The standard InChI is InChI=1S/C27H36O6/c1-14(19-9-6-15(13-28)24(30)32-19)16-7-8-17-21-18(10-12-25(16,17)2)26(3)20(29)5-4-11-27(26,31)23-22(21)33-23/h4-6,14,16-19,21-23,28,31H,7-13H2,1-3H3/t14?,16?,17?,18?,19?,21?,22?,23?,25-,26+,27+/m1/s1. The zero-order valence-corrected chi connectivity index (χ0v) is 19.8. The molecular formula is C27H36O6. The van der Waals surface area contributed by atoms with Crippen molar-refractivity contribution in [3.8, 4) is 0 Å². The molecule has 4 fully saturated rings. The maximum absolute atomic E-state index is 13.2. The summed E-state index contributed by atoms with van der Waals surface area (Å²) in [6.45, 7) is 6.35. The van der Waals surface area contributed by atoms with Crippen molar-refractivity contribution in [1.82, 2.24) is 0 Å². The SMILES string of the molecule is CC(C1CC=C(CO)C(=O)O1)C1CCC2C3C4OC4[C@@]4(O)CC=CC(=O)[C@]4(C)C3CC[C@]12C. The lowest BCUT2D eigenvalue weighted by atomic mass is 9.43. The number of carbonyl (C=O) groups is 2. The Bertz CT molecular complexity index is 954. The Morgan fingerprint density at radius 1 is 1.18 bits per heavy atom. The molecule has 0 bridgehead atoms. The summed E-state index contributed by atoms with van der Waals surface area (Å²) in [5.41, 5.74) is -1.40. The molecule has 0 aromatic carbocycles. The van der Waals surface area contributed by atoms with Crippen molar-refractivity contribution in [2.24, 2.45) is 40.4 Å². The number of epoxide rings is 1. The van der Waals surface area contributed by atoms with E-state index in [-0.39, 0.29) is 53.9 Å². The molecule has 0 radical (unpaired) electrons. The van der Waals surface area contributed by atoms with Gasteiger partial charge in [0.25, 0.3) is 0 Å². The number of ether oxygens (including phenoxy) is 2. The van der Waals surface area contributed by atoms with Crippen LogP contribution in [0.2, 0.25) is 0 Å². The number of esters is 1. The molecule has 0 aromatic heterocycles. The molecule has 2 heterocycles. The molecule has 8 unspecified atom stereocenters. The zero-order chi connectivity index (χ0) is 23.3. The molecule has 4 aliphatic carbocycles. The second-order valence-electron chi connectivity index (χ2n) is 12.1. The maximum Gasteiger partial charge on any atom is 0.336 e. The molecule has 2 aliphatic heterocycles. The van der Waals surface area contributed by atoms with Gasteiger partial charge in [-0.15, -0.1) is 0 Å². The first-order valence-corrected chi connectivity index (χ1v) is 12.8. The summed E-state index contributed by atoms with van der Waals surface area (Å²) in [4.78, 5) is 25.5. The third-order valence-electron chi connectivity index (χ3n) is 11.1. The first kappa shape index (κ1) is 22.0. The van der Waals surface area contributed by atoms with E-state index in [1.807, 2.05) is 19.1 Å². The van der Waals surface area contributed by atoms with Crippen molar-refractivity contribution >= 4 is 11.8 Å². The van der Waals surface area contributed by atoms with Crippen molar-refractivity contribution in [2.45, 2.75) is 83.2 Å². The normalized spacial score (nSPS) is 53.2. The van der Waals surface area contributed by atoms with E-state index in [0.29, 0.717) is 36.2 Å². The highest BCUT2D eigenvalue weighted by Crippen LogP contribution is 2.71. The van der Waals surface area contributed by atoms with Crippen LogP contribution < -0.4 is 0 Å². The topological polar surface area (TPSA) is 96.4 Å². The number of cyclic esters (lactones) is 1. The number of aliphatic hydroxyl groups is 2. The van der Waals surface area contributed by atoms with E-state index in [1.165, 1.54) is 0 Å². The van der Waals surface area contributed by atoms with Crippen molar-refractivity contribution in [3.05, 3.63) is 23.8 Å². The van der Waals surface area contributed by atoms with E-state index in [1.54, 1.807) is 6.08 Å². The molecule has 6 nitrogen and oxygen atoms in total. The van der Waals surface area contributed by atoms with Crippen molar-refractivity contribution < 1.29 is 29.3 Å². The fraction of sp³-hybridized carbons (Fsp3) is 0.778. The summed E-state index contributed by atoms with van der Waals surface area (Å²) in [5.74, 6) is 1.21. The third kappa shape index (κ3) is 2.66. The molecule has 6 aliphatic rings. The average Bonchev–Trinajstić information content (AvgIpc) is 3.52. The Morgan fingerprint density at radius 2 is 1.97 bits per heavy atom. The van der Waals surface area contributed by atoms with Crippen LogP contribution in [0.25, 0.3) is 0 Å². The number of ketones is 1. The molecule has 0 amide bonds. The smallest absolute Gasteiger partial charge is 0.336 e. The van der Waals surface area contributed by atoms with Gasteiger partial charge in [0.2, 0.25) is 0 Å². The molecule has 3 saturated carbocycles. The van der Waals surface area contributed by atoms with Gasteiger partial charge in [-0.05, 0) is 80.1 Å². The summed E-state index contributed by atoms with van der Waals surface area (Å²) in [6, 6.07) is 0. The molecule has 1 saturated heterocycles. The second-order valence-corrected chi connectivity index (χ2v) is 12.1. The highest BCUT2D eigenvalue weighted by Gasteiger charge is 2.77. The molecular weight excluding hydrogens is 420 g/mol. The van der Waals surface area contributed by atoms with Gasteiger partial charge in [0.1, 0.15) is 17.8 Å². The fourth-order valence-electron chi connectivity index (χ4n) is 9.20. The van der Waals surface area contributed by atoms with Crippen molar-refractivity contribution in [1.29, 1.82) is 0 Å². The predicted molar refractivity (Wildman–Crippen MR) is 120 cm³/mol. The molecule has 180 valence electrons. The predicted octanol–water partition coefficient (Wildman–Crippen LogP) is 2.96. The van der Waals surface area contributed by atoms with Gasteiger partial charge in [-0.1, -0.05) is 26.0 Å². The Hall–Kier alpha value is -1.50. The van der Waals surface area contributed by atoms with E-state index in [2.05, 4.69) is 13.8 Å². The van der Waals surface area contributed by atoms with Gasteiger partial charge in [0.15, 0.2) is 5.78 Å². The molecule has 0 spiro atoms. The average molecular weight is 457 g/mol. The molecule has 33 heavy (non-hydrogen) atoms. The summed E-state index contributed by atoms with van der Waals surface area (Å²) in [5, 5.41) is 21.0. The van der Waals surface area contributed by atoms with Gasteiger partial charge < -0.3 is 19.7 Å². The monoisotopic (exact) mass is 456 g/mol. The van der Waals surface area contributed by atoms with E-state index < -0.39 is 11.0 Å². The summed E-state index contributed by atoms with van der Waals surface area (Å²) in [6.07, 6.45) is 10.3. The van der Waals surface area contributed by atoms with Crippen LogP contribution in [-0.2, 0) is 19.1 Å². The van der Waals surface area contributed by atoms with Crippen LogP contribution in [0.4, 0.5) is 0 Å². The Kier molecular flexibility index (Phi) is 4.68. The van der Waals surface area contributed by atoms with Gasteiger partial charge in [-0.3, -0.25) is 4.79 Å². The molecule has 11 atom stereocenters. The van der Waals surface area contributed by atoms with E-state index in [0.717, 1.165) is 25.7 Å². The minimum Gasteiger partial charge on any atom is -0.458 e. The van der Waals surface area contributed by atoms with Crippen LogP contribution in [0.15, 0.2) is 23.8 Å². The summed E-state index contributed by atoms with van der Waals surface area (Å²) >= 11 is 0. The lowest BCUT2D eigenvalue weighted by molar-refractivity contribution is -0.182. The Morgan fingerprint density at radius 3 is 2.70 bits per heavy atom. The van der Waals surface area contributed by atoms with Crippen LogP contribution in [0.3, 0.4) is 0 Å². The number of rotatable bonds is 3. The van der Waals surface area contributed by atoms with E-state index in [4.69, 9.17) is 9.47 Å². The van der Waals surface area contributed by atoms with Gasteiger partial charge in [0, 0.05) is 6.42 Å². The number of hydrogen-bond donors (Lipinski definition) is 2. The van der Waals surface area contributed by atoms with Gasteiger partial charge in [-0.2, -0.15) is 0 Å². The fourth-order valence-corrected chi connectivity index (χ4v) is 9.20. The number of hydrogen-bond acceptors (Lipinski definition) is 6. The number of fused-ring (bicyclic) bond motifs is 8. The summed E-state index contributed by atoms with van der Waals surface area (Å²) < 4.78 is 12.0. The Balaban J connectivity index is 1.29. The van der Waals surface area contributed by atoms with Gasteiger partial charge in [-0.25, -0.2) is 4.79 Å². The molecule has 2 N–H and O–H groups in total. The van der Waals surface area contributed by atoms with Crippen LogP contribution in [-0.4, -0.2) is 52.5 Å². The zero-order valence-electron chi connectivity index (χ0n) is 19.8. The minimum atomic E-state index is -1.09.